The molecule has 2 aromatic rings. The average Bonchev–Trinajstić information content (AvgIpc) is 2.47. The number of rotatable bonds is 2. The van der Waals surface area contributed by atoms with Gasteiger partial charge in [0.1, 0.15) is 11.5 Å². The van der Waals surface area contributed by atoms with Gasteiger partial charge in [-0.25, -0.2) is 4.98 Å². The van der Waals surface area contributed by atoms with E-state index in [9.17, 15) is 4.79 Å². The summed E-state index contributed by atoms with van der Waals surface area (Å²) in [7, 11) is 0. The number of anilines is 1. The van der Waals surface area contributed by atoms with Crippen molar-refractivity contribution in [2.45, 2.75) is 6.10 Å². The van der Waals surface area contributed by atoms with Gasteiger partial charge in [-0.15, -0.1) is 0 Å². The summed E-state index contributed by atoms with van der Waals surface area (Å²) >= 11 is 3.43. The largest absolute Gasteiger partial charge is 0.374 e. The Bertz CT molecular complexity index is 643. The highest BCUT2D eigenvalue weighted by Crippen LogP contribution is 2.15. The predicted molar refractivity (Wildman–Crippen MR) is 77.2 cm³/mol. The van der Waals surface area contributed by atoms with Gasteiger partial charge in [0.2, 0.25) is 0 Å². The number of hydrogen-bond donors (Lipinski definition) is 0. The zero-order valence-electron chi connectivity index (χ0n) is 10.3. The van der Waals surface area contributed by atoms with E-state index in [0.717, 1.165) is 24.2 Å². The van der Waals surface area contributed by atoms with Crippen LogP contribution in [0.15, 0.2) is 35.3 Å². The quantitative estimate of drug-likeness (QED) is 0.781. The molecule has 19 heavy (non-hydrogen) atoms. The minimum Gasteiger partial charge on any atom is -0.374 e. The number of aromatic nitrogens is 2. The number of nitrogens with zero attached hydrogens (tertiary/aromatic N) is 3. The molecular weight excluding hydrogens is 310 g/mol. The molecule has 0 bridgehead atoms. The van der Waals surface area contributed by atoms with Gasteiger partial charge in [0.15, 0.2) is 0 Å². The summed E-state index contributed by atoms with van der Waals surface area (Å²) in [5, 5.41) is 0.788. The standard InChI is InChI=1S/C13H14BrN3O2/c14-8-10-9-16(5-6-19-10)12-7-13(18)17-4-2-1-3-11(17)15-12/h1-4,7,10H,5-6,8-9H2. The molecule has 3 heterocycles. The number of morpholine rings is 1. The average molecular weight is 324 g/mol. The van der Waals surface area contributed by atoms with E-state index in [0.29, 0.717) is 12.3 Å². The Labute approximate surface area is 119 Å². The summed E-state index contributed by atoms with van der Waals surface area (Å²) in [6.07, 6.45) is 1.87. The van der Waals surface area contributed by atoms with Crippen LogP contribution in [0.5, 0.6) is 0 Å². The van der Waals surface area contributed by atoms with E-state index in [1.165, 1.54) is 0 Å². The molecule has 1 unspecified atom stereocenters. The molecule has 1 aliphatic rings. The lowest BCUT2D eigenvalue weighted by molar-refractivity contribution is 0.0568. The fraction of sp³-hybridized carbons (Fsp3) is 0.385. The Morgan fingerprint density at radius 2 is 2.37 bits per heavy atom. The second-order valence-corrected chi connectivity index (χ2v) is 5.12. The molecule has 1 fully saturated rings. The van der Waals surface area contributed by atoms with Crippen molar-refractivity contribution < 1.29 is 4.74 Å². The SMILES string of the molecule is O=c1cc(N2CCOC(CBr)C2)nc2ccccn12. The molecule has 0 N–H and O–H groups in total. The van der Waals surface area contributed by atoms with Crippen LogP contribution in [0.2, 0.25) is 0 Å². The second-order valence-electron chi connectivity index (χ2n) is 4.47. The number of hydrogen-bond acceptors (Lipinski definition) is 4. The molecule has 0 saturated carbocycles. The van der Waals surface area contributed by atoms with Crippen LogP contribution in [0, 0.1) is 0 Å². The molecular formula is C13H14BrN3O2. The maximum Gasteiger partial charge on any atom is 0.259 e. The Hall–Kier alpha value is -1.40. The highest BCUT2D eigenvalue weighted by Gasteiger charge is 2.21. The third-order valence-electron chi connectivity index (χ3n) is 3.19. The van der Waals surface area contributed by atoms with E-state index >= 15 is 0 Å². The Morgan fingerprint density at radius 1 is 1.47 bits per heavy atom. The summed E-state index contributed by atoms with van der Waals surface area (Å²) in [6.45, 7) is 2.17. The molecule has 1 aliphatic heterocycles. The van der Waals surface area contributed by atoms with Crippen LogP contribution >= 0.6 is 15.9 Å². The first-order valence-corrected chi connectivity index (χ1v) is 7.31. The molecule has 1 atom stereocenters. The van der Waals surface area contributed by atoms with Crippen molar-refractivity contribution in [3.63, 3.8) is 0 Å². The molecule has 0 aromatic carbocycles. The van der Waals surface area contributed by atoms with Gasteiger partial charge in [-0.05, 0) is 12.1 Å². The maximum atomic E-state index is 12.0. The zero-order chi connectivity index (χ0) is 13.2. The highest BCUT2D eigenvalue weighted by atomic mass is 79.9. The summed E-state index contributed by atoms with van der Waals surface area (Å²) in [5.41, 5.74) is 0.620. The van der Waals surface area contributed by atoms with Gasteiger partial charge in [0, 0.05) is 30.7 Å². The molecule has 100 valence electrons. The van der Waals surface area contributed by atoms with Gasteiger partial charge in [0.05, 0.1) is 12.7 Å². The summed E-state index contributed by atoms with van der Waals surface area (Å²) in [4.78, 5) is 18.7. The van der Waals surface area contributed by atoms with Crippen molar-refractivity contribution in [2.24, 2.45) is 0 Å². The van der Waals surface area contributed by atoms with Gasteiger partial charge in [-0.2, -0.15) is 0 Å². The maximum absolute atomic E-state index is 12.0. The number of pyridine rings is 1. The molecule has 3 rings (SSSR count). The number of halogens is 1. The Kier molecular flexibility index (Phi) is 3.52. The molecule has 0 radical (unpaired) electrons. The van der Waals surface area contributed by atoms with Gasteiger partial charge in [-0.3, -0.25) is 9.20 Å². The van der Waals surface area contributed by atoms with Crippen LogP contribution in [0.3, 0.4) is 0 Å². The van der Waals surface area contributed by atoms with Crippen molar-refractivity contribution in [3.05, 3.63) is 40.8 Å². The van der Waals surface area contributed by atoms with Gasteiger partial charge in [0.25, 0.3) is 5.56 Å². The molecule has 0 spiro atoms. The summed E-state index contributed by atoms with van der Waals surface area (Å²) < 4.78 is 7.14. The third-order valence-corrected chi connectivity index (χ3v) is 3.91. The van der Waals surface area contributed by atoms with Crippen molar-refractivity contribution >= 4 is 27.4 Å². The van der Waals surface area contributed by atoms with Crippen molar-refractivity contribution in [1.82, 2.24) is 9.38 Å². The lowest BCUT2D eigenvalue weighted by atomic mass is 10.3. The van der Waals surface area contributed by atoms with Gasteiger partial charge in [-0.1, -0.05) is 22.0 Å². The Balaban J connectivity index is 1.99. The van der Waals surface area contributed by atoms with Crippen LogP contribution in [-0.4, -0.2) is 40.5 Å². The first-order chi connectivity index (χ1) is 9.28. The fourth-order valence-corrected chi connectivity index (χ4v) is 2.62. The van der Waals surface area contributed by atoms with Crippen molar-refractivity contribution in [1.29, 1.82) is 0 Å². The van der Waals surface area contributed by atoms with E-state index < -0.39 is 0 Å². The minimum absolute atomic E-state index is 0.0533. The van der Waals surface area contributed by atoms with E-state index in [4.69, 9.17) is 4.74 Å². The monoisotopic (exact) mass is 323 g/mol. The van der Waals surface area contributed by atoms with Crippen LogP contribution in [0.4, 0.5) is 5.82 Å². The number of ether oxygens (including phenoxy) is 1. The second kappa shape index (κ2) is 5.30. The molecule has 5 nitrogen and oxygen atoms in total. The van der Waals surface area contributed by atoms with Crippen LogP contribution in [0.25, 0.3) is 5.65 Å². The molecule has 0 amide bonds. The molecule has 0 aliphatic carbocycles. The van der Waals surface area contributed by atoms with E-state index in [1.807, 2.05) is 18.2 Å². The van der Waals surface area contributed by atoms with Crippen molar-refractivity contribution in [2.75, 3.05) is 29.9 Å². The van der Waals surface area contributed by atoms with Gasteiger partial charge < -0.3 is 9.64 Å². The van der Waals surface area contributed by atoms with Crippen LogP contribution in [-0.2, 0) is 4.74 Å². The summed E-state index contributed by atoms with van der Waals surface area (Å²) in [5.74, 6) is 0.727. The molecule has 6 heteroatoms. The first kappa shape index (κ1) is 12.6. The highest BCUT2D eigenvalue weighted by molar-refractivity contribution is 9.09. The predicted octanol–water partition coefficient (Wildman–Crippen LogP) is 1.29. The van der Waals surface area contributed by atoms with Gasteiger partial charge >= 0.3 is 0 Å². The topological polar surface area (TPSA) is 46.8 Å². The van der Waals surface area contributed by atoms with Crippen LogP contribution in [0.1, 0.15) is 0 Å². The summed E-state index contributed by atoms with van der Waals surface area (Å²) in [6, 6.07) is 7.13. The molecule has 1 saturated heterocycles. The fourth-order valence-electron chi connectivity index (χ4n) is 2.22. The lowest BCUT2D eigenvalue weighted by Crippen LogP contribution is -2.44. The normalized spacial score (nSPS) is 19.8. The zero-order valence-corrected chi connectivity index (χ0v) is 11.9. The first-order valence-electron chi connectivity index (χ1n) is 6.19. The van der Waals surface area contributed by atoms with E-state index in [2.05, 4.69) is 25.8 Å². The van der Waals surface area contributed by atoms with Crippen LogP contribution < -0.4 is 10.5 Å². The van der Waals surface area contributed by atoms with Crippen molar-refractivity contribution in [3.8, 4) is 0 Å². The lowest BCUT2D eigenvalue weighted by Gasteiger charge is -2.32. The third kappa shape index (κ3) is 2.50. The molecule has 2 aromatic heterocycles. The number of fused-ring (bicyclic) bond motifs is 1. The van der Waals surface area contributed by atoms with E-state index in [1.54, 1.807) is 16.7 Å². The minimum atomic E-state index is -0.0533. The Morgan fingerprint density at radius 3 is 3.21 bits per heavy atom. The number of alkyl halides is 1. The smallest absolute Gasteiger partial charge is 0.259 e. The van der Waals surface area contributed by atoms with E-state index in [-0.39, 0.29) is 11.7 Å².